The molecule has 116 valence electrons. The van der Waals surface area contributed by atoms with Crippen LogP contribution in [0.15, 0.2) is 46.4 Å². The number of halogens is 1. The minimum absolute atomic E-state index is 0.0232. The number of benzene rings is 1. The fourth-order valence-corrected chi connectivity index (χ4v) is 2.56. The van der Waals surface area contributed by atoms with Gasteiger partial charge in [0.1, 0.15) is 17.1 Å². The van der Waals surface area contributed by atoms with E-state index in [4.69, 9.17) is 28.2 Å². The smallest absolute Gasteiger partial charge is 0.270 e. The molecular formula is C16H11ClN2O3S. The van der Waals surface area contributed by atoms with Crippen molar-refractivity contribution in [2.24, 2.45) is 0 Å². The second-order valence-electron chi connectivity index (χ2n) is 4.88. The molecule has 1 N–H and O–H groups in total. The summed E-state index contributed by atoms with van der Waals surface area (Å²) in [6, 6.07) is 10.0. The zero-order valence-electron chi connectivity index (χ0n) is 12.0. The lowest BCUT2D eigenvalue weighted by molar-refractivity contribution is -0.122. The average Bonchev–Trinajstić information content (AvgIpc) is 2.91. The van der Waals surface area contributed by atoms with Gasteiger partial charge >= 0.3 is 0 Å². The number of rotatable bonds is 2. The van der Waals surface area contributed by atoms with Crippen molar-refractivity contribution < 1.29 is 14.0 Å². The van der Waals surface area contributed by atoms with Crippen LogP contribution >= 0.6 is 23.8 Å². The molecule has 23 heavy (non-hydrogen) atoms. The molecule has 1 aromatic carbocycles. The summed E-state index contributed by atoms with van der Waals surface area (Å²) in [6.45, 7) is 1.78. The van der Waals surface area contributed by atoms with E-state index in [1.807, 2.05) is 0 Å². The summed E-state index contributed by atoms with van der Waals surface area (Å²) in [6.07, 6.45) is 1.40. The topological polar surface area (TPSA) is 62.6 Å². The summed E-state index contributed by atoms with van der Waals surface area (Å²) >= 11 is 11.0. The molecule has 0 atom stereocenters. The molecule has 1 aromatic heterocycles. The van der Waals surface area contributed by atoms with Crippen LogP contribution < -0.4 is 10.2 Å². The fourth-order valence-electron chi connectivity index (χ4n) is 2.16. The van der Waals surface area contributed by atoms with E-state index in [0.29, 0.717) is 22.2 Å². The third-order valence-corrected chi connectivity index (χ3v) is 3.77. The van der Waals surface area contributed by atoms with Gasteiger partial charge in [-0.05, 0) is 61.6 Å². The summed E-state index contributed by atoms with van der Waals surface area (Å²) in [5, 5.41) is 3.06. The van der Waals surface area contributed by atoms with Crippen LogP contribution in [-0.2, 0) is 9.59 Å². The number of thiocarbonyl (C=S) groups is 1. The molecule has 2 amide bonds. The molecule has 2 heterocycles. The highest BCUT2D eigenvalue weighted by atomic mass is 35.5. The van der Waals surface area contributed by atoms with Crippen LogP contribution in [0.5, 0.6) is 0 Å². The number of nitrogens with zero attached hydrogens (tertiary/aromatic N) is 1. The number of amides is 2. The fraction of sp³-hybridized carbons (Fsp3) is 0.0625. The van der Waals surface area contributed by atoms with Crippen molar-refractivity contribution in [3.05, 3.63) is 58.5 Å². The lowest BCUT2D eigenvalue weighted by Gasteiger charge is -2.28. The standard InChI is InChI=1S/C16H11ClN2O3S/c1-9-2-7-12(22-9)8-13-14(20)18-16(23)19(15(13)21)11-5-3-10(17)4-6-11/h2-8H,1H3,(H,18,20,23)/b13-8-. The summed E-state index contributed by atoms with van der Waals surface area (Å²) < 4.78 is 5.39. The molecular weight excluding hydrogens is 336 g/mol. The number of hydrogen-bond acceptors (Lipinski definition) is 4. The van der Waals surface area contributed by atoms with E-state index >= 15 is 0 Å². The van der Waals surface area contributed by atoms with E-state index < -0.39 is 11.8 Å². The van der Waals surface area contributed by atoms with Crippen molar-refractivity contribution in [1.82, 2.24) is 5.32 Å². The SMILES string of the molecule is Cc1ccc(/C=C2/C(=O)NC(=S)N(c3ccc(Cl)cc3)C2=O)o1. The van der Waals surface area contributed by atoms with Crippen molar-refractivity contribution in [1.29, 1.82) is 0 Å². The number of aryl methyl sites for hydroxylation is 1. The Morgan fingerprint density at radius 3 is 2.48 bits per heavy atom. The summed E-state index contributed by atoms with van der Waals surface area (Å²) in [5.74, 6) is 0.0323. The number of hydrogen-bond donors (Lipinski definition) is 1. The zero-order valence-corrected chi connectivity index (χ0v) is 13.6. The molecule has 0 aliphatic carbocycles. The Morgan fingerprint density at radius 2 is 1.87 bits per heavy atom. The normalized spacial score (nSPS) is 16.9. The Hall–Kier alpha value is -2.44. The highest BCUT2D eigenvalue weighted by molar-refractivity contribution is 7.80. The first-order chi connectivity index (χ1) is 11.0. The Bertz CT molecular complexity index is 839. The van der Waals surface area contributed by atoms with Crippen LogP contribution in [-0.4, -0.2) is 16.9 Å². The van der Waals surface area contributed by atoms with Crippen LogP contribution in [0.25, 0.3) is 6.08 Å². The van der Waals surface area contributed by atoms with E-state index in [2.05, 4.69) is 5.32 Å². The maximum atomic E-state index is 12.7. The van der Waals surface area contributed by atoms with Gasteiger partial charge in [0.25, 0.3) is 11.8 Å². The Balaban J connectivity index is 2.00. The monoisotopic (exact) mass is 346 g/mol. The van der Waals surface area contributed by atoms with Gasteiger partial charge in [0.15, 0.2) is 5.11 Å². The van der Waals surface area contributed by atoms with Crippen molar-refractivity contribution in [2.45, 2.75) is 6.92 Å². The number of furan rings is 1. The molecule has 2 aromatic rings. The number of carbonyl (C=O) groups is 2. The minimum Gasteiger partial charge on any atom is -0.462 e. The maximum absolute atomic E-state index is 12.7. The molecule has 1 fully saturated rings. The van der Waals surface area contributed by atoms with Gasteiger partial charge in [0, 0.05) is 5.02 Å². The molecule has 0 radical (unpaired) electrons. The van der Waals surface area contributed by atoms with Gasteiger partial charge in [-0.3, -0.25) is 19.8 Å². The Kier molecular flexibility index (Phi) is 4.02. The van der Waals surface area contributed by atoms with E-state index in [1.54, 1.807) is 43.3 Å². The number of carbonyl (C=O) groups excluding carboxylic acids is 2. The van der Waals surface area contributed by atoms with Crippen LogP contribution in [0.2, 0.25) is 5.02 Å². The highest BCUT2D eigenvalue weighted by Gasteiger charge is 2.34. The van der Waals surface area contributed by atoms with E-state index in [9.17, 15) is 9.59 Å². The molecule has 5 nitrogen and oxygen atoms in total. The van der Waals surface area contributed by atoms with Gasteiger partial charge in [-0.15, -0.1) is 0 Å². The predicted molar refractivity (Wildman–Crippen MR) is 91.1 cm³/mol. The van der Waals surface area contributed by atoms with E-state index in [-0.39, 0.29) is 10.7 Å². The predicted octanol–water partition coefficient (Wildman–Crippen LogP) is 3.07. The zero-order chi connectivity index (χ0) is 16.6. The van der Waals surface area contributed by atoms with E-state index in [0.717, 1.165) is 0 Å². The van der Waals surface area contributed by atoms with Crippen LogP contribution in [0, 0.1) is 6.92 Å². The first kappa shape index (κ1) is 15.5. The summed E-state index contributed by atoms with van der Waals surface area (Å²) in [7, 11) is 0. The quantitative estimate of drug-likeness (QED) is 0.515. The van der Waals surface area contributed by atoms with Gasteiger partial charge in [0.2, 0.25) is 0 Å². The van der Waals surface area contributed by atoms with Gasteiger partial charge in [-0.1, -0.05) is 11.6 Å². The summed E-state index contributed by atoms with van der Waals surface area (Å²) in [4.78, 5) is 26.0. The van der Waals surface area contributed by atoms with Crippen molar-refractivity contribution in [3.63, 3.8) is 0 Å². The molecule has 0 unspecified atom stereocenters. The molecule has 0 bridgehead atoms. The maximum Gasteiger partial charge on any atom is 0.270 e. The Morgan fingerprint density at radius 1 is 1.17 bits per heavy atom. The molecule has 7 heteroatoms. The van der Waals surface area contributed by atoms with Crippen LogP contribution in [0.4, 0.5) is 5.69 Å². The number of nitrogens with one attached hydrogen (secondary N) is 1. The molecule has 1 aliphatic heterocycles. The minimum atomic E-state index is -0.556. The molecule has 1 saturated heterocycles. The van der Waals surface area contributed by atoms with Crippen molar-refractivity contribution >= 4 is 52.5 Å². The lowest BCUT2D eigenvalue weighted by atomic mass is 10.1. The summed E-state index contributed by atoms with van der Waals surface area (Å²) in [5.41, 5.74) is 0.467. The third-order valence-electron chi connectivity index (χ3n) is 3.23. The molecule has 1 aliphatic rings. The van der Waals surface area contributed by atoms with Crippen molar-refractivity contribution in [3.8, 4) is 0 Å². The van der Waals surface area contributed by atoms with Gasteiger partial charge in [-0.25, -0.2) is 0 Å². The third kappa shape index (κ3) is 3.04. The largest absolute Gasteiger partial charge is 0.462 e. The van der Waals surface area contributed by atoms with Gasteiger partial charge in [0.05, 0.1) is 5.69 Å². The van der Waals surface area contributed by atoms with Crippen molar-refractivity contribution in [2.75, 3.05) is 4.90 Å². The van der Waals surface area contributed by atoms with E-state index in [1.165, 1.54) is 11.0 Å². The molecule has 3 rings (SSSR count). The second kappa shape index (κ2) is 5.98. The molecule has 0 saturated carbocycles. The number of anilines is 1. The van der Waals surface area contributed by atoms with Gasteiger partial charge in [-0.2, -0.15) is 0 Å². The average molecular weight is 347 g/mol. The lowest BCUT2D eigenvalue weighted by Crippen LogP contribution is -2.54. The highest BCUT2D eigenvalue weighted by Crippen LogP contribution is 2.24. The van der Waals surface area contributed by atoms with Crippen LogP contribution in [0.3, 0.4) is 0 Å². The molecule has 0 spiro atoms. The Labute approximate surface area is 142 Å². The first-order valence-corrected chi connectivity index (χ1v) is 7.48. The first-order valence-electron chi connectivity index (χ1n) is 6.69. The van der Waals surface area contributed by atoms with Crippen LogP contribution in [0.1, 0.15) is 11.5 Å². The second-order valence-corrected chi connectivity index (χ2v) is 5.71. The van der Waals surface area contributed by atoms with Gasteiger partial charge < -0.3 is 4.42 Å².